The van der Waals surface area contributed by atoms with Gasteiger partial charge in [0, 0.05) is 26.7 Å². The number of likely N-dealkylation sites (N-methyl/N-ethyl adjacent to an activating group) is 1. The topological polar surface area (TPSA) is 56.7 Å². The number of nitrogens with one attached hydrogen (secondary N) is 2. The van der Waals surface area contributed by atoms with E-state index in [9.17, 15) is 4.79 Å². The van der Waals surface area contributed by atoms with Gasteiger partial charge in [0.1, 0.15) is 6.54 Å². The summed E-state index contributed by atoms with van der Waals surface area (Å²) in [5, 5.41) is 6.72. The molecule has 0 radical (unpaired) electrons. The zero-order valence-electron chi connectivity index (χ0n) is 15.7. The van der Waals surface area contributed by atoms with Crippen LogP contribution in [0.4, 0.5) is 0 Å². The van der Waals surface area contributed by atoms with Gasteiger partial charge in [-0.1, -0.05) is 44.2 Å². The van der Waals surface area contributed by atoms with Gasteiger partial charge < -0.3 is 15.5 Å². The fraction of sp³-hybridized carbons (Fsp3) is 0.579. The molecule has 2 N–H and O–H groups in total. The average Bonchev–Trinajstić information content (AvgIpc) is 2.55. The summed E-state index contributed by atoms with van der Waals surface area (Å²) in [7, 11) is 3.49. The van der Waals surface area contributed by atoms with Crippen molar-refractivity contribution in [1.82, 2.24) is 15.5 Å². The first-order valence-corrected chi connectivity index (χ1v) is 8.67. The number of nitrogens with zero attached hydrogens (tertiary/aromatic N) is 2. The van der Waals surface area contributed by atoms with Crippen LogP contribution in [-0.4, -0.2) is 50.0 Å². The maximum Gasteiger partial charge on any atom is 0.243 e. The highest BCUT2D eigenvalue weighted by Gasteiger charge is 2.09. The average molecular weight is 332 g/mol. The number of guanidine groups is 1. The fourth-order valence-electron chi connectivity index (χ4n) is 2.07. The molecule has 1 atom stereocenters. The first kappa shape index (κ1) is 20.0. The van der Waals surface area contributed by atoms with Crippen LogP contribution in [0, 0.1) is 5.92 Å². The second-order valence-corrected chi connectivity index (χ2v) is 6.80. The number of carbonyl (C=O) groups excluding carboxylic acids is 1. The number of rotatable bonds is 8. The molecule has 5 nitrogen and oxygen atoms in total. The van der Waals surface area contributed by atoms with Crippen LogP contribution in [-0.2, 0) is 11.2 Å². The summed E-state index contributed by atoms with van der Waals surface area (Å²) in [4.78, 5) is 17.7. The highest BCUT2D eigenvalue weighted by molar-refractivity contribution is 5.84. The summed E-state index contributed by atoms with van der Waals surface area (Å²) in [5.41, 5.74) is 1.34. The highest BCUT2D eigenvalue weighted by atomic mass is 16.2. The van der Waals surface area contributed by atoms with Gasteiger partial charge in [-0.15, -0.1) is 0 Å². The second-order valence-electron chi connectivity index (χ2n) is 6.80. The molecule has 0 aliphatic rings. The predicted molar refractivity (Wildman–Crippen MR) is 101 cm³/mol. The fourth-order valence-corrected chi connectivity index (χ4v) is 2.07. The van der Waals surface area contributed by atoms with Crippen LogP contribution in [0.1, 0.15) is 32.8 Å². The van der Waals surface area contributed by atoms with Gasteiger partial charge in [0.25, 0.3) is 0 Å². The highest BCUT2D eigenvalue weighted by Crippen LogP contribution is 2.04. The second kappa shape index (κ2) is 10.7. The molecule has 5 heteroatoms. The van der Waals surface area contributed by atoms with Gasteiger partial charge in [-0.3, -0.25) is 4.79 Å². The Balaban J connectivity index is 2.55. The summed E-state index contributed by atoms with van der Waals surface area (Å²) in [6, 6.07) is 10.7. The van der Waals surface area contributed by atoms with Gasteiger partial charge in [-0.25, -0.2) is 4.99 Å². The first-order valence-electron chi connectivity index (χ1n) is 8.67. The Hall–Kier alpha value is -2.04. The Morgan fingerprint density at radius 3 is 2.42 bits per heavy atom. The molecule has 0 aliphatic heterocycles. The van der Waals surface area contributed by atoms with E-state index in [4.69, 9.17) is 0 Å². The van der Waals surface area contributed by atoms with E-state index in [0.29, 0.717) is 11.9 Å². The normalized spacial score (nSPS) is 12.8. The van der Waals surface area contributed by atoms with Crippen LogP contribution < -0.4 is 10.6 Å². The summed E-state index contributed by atoms with van der Waals surface area (Å²) >= 11 is 0. The molecule has 1 aromatic carbocycles. The summed E-state index contributed by atoms with van der Waals surface area (Å²) in [5.74, 6) is 1.22. The zero-order chi connectivity index (χ0) is 17.9. The third-order valence-electron chi connectivity index (χ3n) is 3.64. The quantitative estimate of drug-likeness (QED) is 0.567. The molecule has 0 heterocycles. The lowest BCUT2D eigenvalue weighted by Gasteiger charge is -2.19. The molecule has 24 heavy (non-hydrogen) atoms. The van der Waals surface area contributed by atoms with Gasteiger partial charge in [0.15, 0.2) is 5.96 Å². The van der Waals surface area contributed by atoms with Crippen molar-refractivity contribution in [1.29, 1.82) is 0 Å². The van der Waals surface area contributed by atoms with Crippen molar-refractivity contribution >= 4 is 11.9 Å². The van der Waals surface area contributed by atoms with Gasteiger partial charge in [-0.2, -0.15) is 0 Å². The summed E-state index contributed by atoms with van der Waals surface area (Å²) < 4.78 is 0. The Labute approximate surface area is 146 Å². The summed E-state index contributed by atoms with van der Waals surface area (Å²) in [6.07, 6.45) is 2.02. The van der Waals surface area contributed by atoms with Gasteiger partial charge in [0.05, 0.1) is 0 Å². The smallest absolute Gasteiger partial charge is 0.243 e. The van der Waals surface area contributed by atoms with Crippen molar-refractivity contribution in [3.05, 3.63) is 35.9 Å². The molecule has 1 unspecified atom stereocenters. The van der Waals surface area contributed by atoms with E-state index in [1.165, 1.54) is 5.56 Å². The Kier molecular flexibility index (Phi) is 8.90. The molecule has 0 aromatic heterocycles. The molecule has 1 amide bonds. The SMILES string of the molecule is CC(C)CNC(=NCC(=O)N(C)C)NC(C)CCc1ccccc1. The first-order chi connectivity index (χ1) is 11.4. The largest absolute Gasteiger partial charge is 0.356 e. The van der Waals surface area contributed by atoms with Crippen LogP contribution in [0.3, 0.4) is 0 Å². The van der Waals surface area contributed by atoms with Crippen LogP contribution >= 0.6 is 0 Å². The van der Waals surface area contributed by atoms with E-state index >= 15 is 0 Å². The van der Waals surface area contributed by atoms with Crippen LogP contribution in [0.2, 0.25) is 0 Å². The van der Waals surface area contributed by atoms with Crippen LogP contribution in [0.5, 0.6) is 0 Å². The molecule has 0 saturated heterocycles. The van der Waals surface area contributed by atoms with E-state index in [0.717, 1.165) is 19.4 Å². The van der Waals surface area contributed by atoms with E-state index < -0.39 is 0 Å². The molecule has 0 fully saturated rings. The van der Waals surface area contributed by atoms with Crippen LogP contribution in [0.15, 0.2) is 35.3 Å². The van der Waals surface area contributed by atoms with Crippen molar-refractivity contribution in [3.8, 4) is 0 Å². The molecule has 1 rings (SSSR count). The molecule has 0 aliphatic carbocycles. The molecular weight excluding hydrogens is 300 g/mol. The molecule has 0 saturated carbocycles. The minimum atomic E-state index is -0.00224. The maximum atomic E-state index is 11.7. The van der Waals surface area contributed by atoms with Crippen molar-refractivity contribution < 1.29 is 4.79 Å². The Morgan fingerprint density at radius 1 is 1.17 bits per heavy atom. The third kappa shape index (κ3) is 8.56. The standard InChI is InChI=1S/C19H32N4O/c1-15(2)13-20-19(21-14-18(24)23(4)5)22-16(3)11-12-17-9-7-6-8-10-17/h6-10,15-16H,11-14H2,1-5H3,(H2,20,21,22). The van der Waals surface area contributed by atoms with E-state index in [1.54, 1.807) is 19.0 Å². The third-order valence-corrected chi connectivity index (χ3v) is 3.64. The number of amides is 1. The van der Waals surface area contributed by atoms with Crippen molar-refractivity contribution in [2.24, 2.45) is 10.9 Å². The van der Waals surface area contributed by atoms with Crippen molar-refractivity contribution in [3.63, 3.8) is 0 Å². The maximum absolute atomic E-state index is 11.7. The van der Waals surface area contributed by atoms with Gasteiger partial charge in [0.2, 0.25) is 5.91 Å². The lowest BCUT2D eigenvalue weighted by molar-refractivity contribution is -0.127. The number of hydrogen-bond donors (Lipinski definition) is 2. The molecular formula is C19H32N4O. The van der Waals surface area contributed by atoms with Gasteiger partial charge in [-0.05, 0) is 31.2 Å². The van der Waals surface area contributed by atoms with Crippen molar-refractivity contribution in [2.45, 2.75) is 39.7 Å². The van der Waals surface area contributed by atoms with E-state index in [-0.39, 0.29) is 18.5 Å². The number of aliphatic imine (C=N–C) groups is 1. The number of carbonyl (C=O) groups is 1. The number of hydrogen-bond acceptors (Lipinski definition) is 2. The minimum absolute atomic E-state index is 0.00224. The van der Waals surface area contributed by atoms with Gasteiger partial charge >= 0.3 is 0 Å². The Bertz CT molecular complexity index is 511. The minimum Gasteiger partial charge on any atom is -0.356 e. The monoisotopic (exact) mass is 332 g/mol. The molecule has 1 aromatic rings. The number of benzene rings is 1. The van der Waals surface area contributed by atoms with E-state index in [2.05, 4.69) is 60.7 Å². The Morgan fingerprint density at radius 2 is 1.83 bits per heavy atom. The lowest BCUT2D eigenvalue weighted by atomic mass is 10.1. The molecule has 0 bridgehead atoms. The molecule has 0 spiro atoms. The van der Waals surface area contributed by atoms with Crippen LogP contribution in [0.25, 0.3) is 0 Å². The lowest BCUT2D eigenvalue weighted by Crippen LogP contribution is -2.44. The van der Waals surface area contributed by atoms with Crippen molar-refractivity contribution in [2.75, 3.05) is 27.2 Å². The molecule has 134 valence electrons. The zero-order valence-corrected chi connectivity index (χ0v) is 15.7. The predicted octanol–water partition coefficient (Wildman–Crippen LogP) is 2.29. The van der Waals surface area contributed by atoms with E-state index in [1.807, 2.05) is 6.07 Å². The summed E-state index contributed by atoms with van der Waals surface area (Å²) in [6.45, 7) is 7.42. The number of aryl methyl sites for hydroxylation is 1.